The molecule has 2 rings (SSSR count). The van der Waals surface area contributed by atoms with Crippen LogP contribution in [0.4, 0.5) is 5.82 Å². The Hall–Kier alpha value is -2.39. The Balaban J connectivity index is 2.02. The van der Waals surface area contributed by atoms with Crippen molar-refractivity contribution in [3.8, 4) is 6.07 Å². The highest BCUT2D eigenvalue weighted by molar-refractivity contribution is 5.76. The zero-order chi connectivity index (χ0) is 15.2. The Morgan fingerprint density at radius 1 is 1.48 bits per heavy atom. The lowest BCUT2D eigenvalue weighted by Crippen LogP contribution is -2.49. The third-order valence-corrected chi connectivity index (χ3v) is 3.47. The van der Waals surface area contributed by atoms with Crippen LogP contribution in [0.2, 0.25) is 0 Å². The average molecular weight is 285 g/mol. The van der Waals surface area contributed by atoms with Gasteiger partial charge in [0.05, 0.1) is 12.6 Å². The van der Waals surface area contributed by atoms with E-state index in [1.54, 1.807) is 12.3 Å². The molecule has 21 heavy (non-hydrogen) atoms. The molecule has 1 aliphatic heterocycles. The largest absolute Gasteiger partial charge is 0.369 e. The molecule has 0 aromatic carbocycles. The minimum Gasteiger partial charge on any atom is -0.369 e. The number of allylic oxidation sites excluding steroid dienone is 1. The zero-order valence-electron chi connectivity index (χ0n) is 12.1. The van der Waals surface area contributed by atoms with E-state index in [1.165, 1.54) is 6.08 Å². The molecule has 2 heterocycles. The van der Waals surface area contributed by atoms with E-state index in [-0.39, 0.29) is 5.91 Å². The summed E-state index contributed by atoms with van der Waals surface area (Å²) in [7, 11) is 0. The van der Waals surface area contributed by atoms with Crippen molar-refractivity contribution in [3.63, 3.8) is 0 Å². The summed E-state index contributed by atoms with van der Waals surface area (Å²) in [6, 6.07) is 3.99. The molecule has 2 N–H and O–H groups in total. The van der Waals surface area contributed by atoms with E-state index in [2.05, 4.69) is 14.8 Å². The Morgan fingerprint density at radius 3 is 2.76 bits per heavy atom. The van der Waals surface area contributed by atoms with Crippen LogP contribution < -0.4 is 10.6 Å². The quantitative estimate of drug-likeness (QED) is 0.816. The maximum absolute atomic E-state index is 10.9. The van der Waals surface area contributed by atoms with Gasteiger partial charge in [0.25, 0.3) is 0 Å². The van der Waals surface area contributed by atoms with Gasteiger partial charge >= 0.3 is 0 Å². The number of amides is 1. The van der Waals surface area contributed by atoms with Crippen LogP contribution in [-0.2, 0) is 4.79 Å². The topological polar surface area (TPSA) is 86.2 Å². The van der Waals surface area contributed by atoms with Crippen LogP contribution in [-0.4, -0.2) is 48.5 Å². The van der Waals surface area contributed by atoms with Crippen LogP contribution in [0, 0.1) is 18.3 Å². The number of aryl methyl sites for hydroxylation is 1. The molecule has 0 unspecified atom stereocenters. The molecule has 0 atom stereocenters. The minimum atomic E-state index is -0.286. The number of nitriles is 1. The Labute approximate surface area is 124 Å². The number of carbonyl (C=O) groups is 1. The standard InChI is InChI=1S/C15H19N5O/c1-12-9-13(3-2-4-16)10-18-15(12)20-7-5-19(6-8-20)11-14(17)21/h2-3,9-10H,5-8,11H2,1H3,(H2,17,21)/b3-2-. The molecule has 0 spiro atoms. The minimum absolute atomic E-state index is 0.286. The molecule has 0 aliphatic carbocycles. The molecule has 6 nitrogen and oxygen atoms in total. The van der Waals surface area contributed by atoms with E-state index < -0.39 is 0 Å². The van der Waals surface area contributed by atoms with E-state index in [0.717, 1.165) is 43.1 Å². The lowest BCUT2D eigenvalue weighted by molar-refractivity contribution is -0.119. The first-order valence-electron chi connectivity index (χ1n) is 6.88. The molecular formula is C15H19N5O. The number of aromatic nitrogens is 1. The number of pyridine rings is 1. The van der Waals surface area contributed by atoms with Crippen LogP contribution in [0.5, 0.6) is 0 Å². The van der Waals surface area contributed by atoms with Crippen molar-refractivity contribution in [1.29, 1.82) is 5.26 Å². The maximum atomic E-state index is 10.9. The van der Waals surface area contributed by atoms with Gasteiger partial charge in [0.1, 0.15) is 5.82 Å². The third kappa shape index (κ3) is 4.04. The number of nitrogens with zero attached hydrogens (tertiary/aromatic N) is 4. The van der Waals surface area contributed by atoms with Gasteiger partial charge < -0.3 is 10.6 Å². The molecule has 0 bridgehead atoms. The van der Waals surface area contributed by atoms with E-state index in [4.69, 9.17) is 11.0 Å². The summed E-state index contributed by atoms with van der Waals surface area (Å²) in [4.78, 5) is 19.7. The van der Waals surface area contributed by atoms with Crippen LogP contribution in [0.25, 0.3) is 6.08 Å². The summed E-state index contributed by atoms with van der Waals surface area (Å²) in [5.41, 5.74) is 7.22. The number of anilines is 1. The van der Waals surface area contributed by atoms with Gasteiger partial charge in [-0.3, -0.25) is 9.69 Å². The summed E-state index contributed by atoms with van der Waals surface area (Å²) >= 11 is 0. The molecule has 0 radical (unpaired) electrons. The van der Waals surface area contributed by atoms with Gasteiger partial charge in [-0.2, -0.15) is 5.26 Å². The predicted octanol–water partition coefficient (Wildman–Crippen LogP) is 0.534. The monoisotopic (exact) mass is 285 g/mol. The second kappa shape index (κ2) is 6.86. The molecule has 0 saturated carbocycles. The fourth-order valence-corrected chi connectivity index (χ4v) is 2.48. The summed E-state index contributed by atoms with van der Waals surface area (Å²) in [5.74, 6) is 0.675. The van der Waals surface area contributed by atoms with Crippen LogP contribution in [0.3, 0.4) is 0 Å². The molecule has 1 aliphatic rings. The molecule has 1 aromatic heterocycles. The molecule has 110 valence electrons. The molecule has 1 aromatic rings. The van der Waals surface area contributed by atoms with Gasteiger partial charge in [-0.05, 0) is 30.2 Å². The Bertz CT molecular complexity index is 582. The second-order valence-electron chi connectivity index (χ2n) is 5.10. The number of rotatable bonds is 4. The normalized spacial score (nSPS) is 16.1. The highest BCUT2D eigenvalue weighted by atomic mass is 16.1. The van der Waals surface area contributed by atoms with Crippen molar-refractivity contribution >= 4 is 17.8 Å². The van der Waals surface area contributed by atoms with Crippen molar-refractivity contribution in [1.82, 2.24) is 9.88 Å². The van der Waals surface area contributed by atoms with Gasteiger partial charge in [0, 0.05) is 38.5 Å². The van der Waals surface area contributed by atoms with E-state index in [0.29, 0.717) is 6.54 Å². The van der Waals surface area contributed by atoms with Crippen molar-refractivity contribution < 1.29 is 4.79 Å². The highest BCUT2D eigenvalue weighted by Crippen LogP contribution is 2.20. The van der Waals surface area contributed by atoms with Crippen molar-refractivity contribution in [3.05, 3.63) is 29.5 Å². The van der Waals surface area contributed by atoms with Gasteiger partial charge in [-0.15, -0.1) is 0 Å². The Morgan fingerprint density at radius 2 is 2.19 bits per heavy atom. The first kappa shape index (κ1) is 15.0. The molecule has 6 heteroatoms. The summed E-state index contributed by atoms with van der Waals surface area (Å²) in [6.45, 7) is 5.60. The molecule has 1 amide bonds. The number of nitrogens with two attached hydrogens (primary N) is 1. The molecular weight excluding hydrogens is 266 g/mol. The summed E-state index contributed by atoms with van der Waals surface area (Å²) in [5, 5.41) is 8.54. The number of hydrogen-bond donors (Lipinski definition) is 1. The smallest absolute Gasteiger partial charge is 0.231 e. The summed E-state index contributed by atoms with van der Waals surface area (Å²) in [6.07, 6.45) is 4.96. The fraction of sp³-hybridized carbons (Fsp3) is 0.400. The van der Waals surface area contributed by atoms with Gasteiger partial charge in [0.2, 0.25) is 5.91 Å². The third-order valence-electron chi connectivity index (χ3n) is 3.47. The second-order valence-corrected chi connectivity index (χ2v) is 5.10. The van der Waals surface area contributed by atoms with E-state index >= 15 is 0 Å². The number of primary amides is 1. The lowest BCUT2D eigenvalue weighted by Gasteiger charge is -2.35. The van der Waals surface area contributed by atoms with Gasteiger partial charge in [-0.1, -0.05) is 0 Å². The number of piperazine rings is 1. The van der Waals surface area contributed by atoms with Crippen LogP contribution in [0.15, 0.2) is 18.3 Å². The molecule has 1 fully saturated rings. The van der Waals surface area contributed by atoms with Crippen LogP contribution >= 0.6 is 0 Å². The maximum Gasteiger partial charge on any atom is 0.231 e. The molecule has 1 saturated heterocycles. The lowest BCUT2D eigenvalue weighted by atomic mass is 10.1. The predicted molar refractivity (Wildman–Crippen MR) is 81.5 cm³/mol. The van der Waals surface area contributed by atoms with Gasteiger partial charge in [-0.25, -0.2) is 4.98 Å². The van der Waals surface area contributed by atoms with Crippen molar-refractivity contribution in [2.45, 2.75) is 6.92 Å². The highest BCUT2D eigenvalue weighted by Gasteiger charge is 2.20. The zero-order valence-corrected chi connectivity index (χ0v) is 12.1. The van der Waals surface area contributed by atoms with Crippen LogP contribution in [0.1, 0.15) is 11.1 Å². The Kier molecular flexibility index (Phi) is 4.90. The van der Waals surface area contributed by atoms with Crippen molar-refractivity contribution in [2.24, 2.45) is 5.73 Å². The van der Waals surface area contributed by atoms with Crippen molar-refractivity contribution in [2.75, 3.05) is 37.6 Å². The summed E-state index contributed by atoms with van der Waals surface area (Å²) < 4.78 is 0. The number of carbonyl (C=O) groups excluding carboxylic acids is 1. The fourth-order valence-electron chi connectivity index (χ4n) is 2.48. The van der Waals surface area contributed by atoms with E-state index in [1.807, 2.05) is 19.1 Å². The first-order chi connectivity index (χ1) is 10.1. The van der Waals surface area contributed by atoms with Gasteiger partial charge in [0.15, 0.2) is 0 Å². The number of hydrogen-bond acceptors (Lipinski definition) is 5. The SMILES string of the molecule is Cc1cc(/C=C\C#N)cnc1N1CCN(CC(N)=O)CC1. The van der Waals surface area contributed by atoms with E-state index in [9.17, 15) is 4.79 Å². The first-order valence-corrected chi connectivity index (χ1v) is 6.88. The average Bonchev–Trinajstić information content (AvgIpc) is 2.46.